The quantitative estimate of drug-likeness (QED) is 0.708. The van der Waals surface area contributed by atoms with E-state index in [1.54, 1.807) is 6.20 Å². The van der Waals surface area contributed by atoms with Crippen LogP contribution in [0.3, 0.4) is 0 Å². The van der Waals surface area contributed by atoms with Gasteiger partial charge in [0.1, 0.15) is 17.5 Å². The fourth-order valence-electron chi connectivity index (χ4n) is 3.59. The molecule has 1 aliphatic rings. The van der Waals surface area contributed by atoms with E-state index in [0.717, 1.165) is 55.0 Å². The van der Waals surface area contributed by atoms with E-state index < -0.39 is 0 Å². The fourth-order valence-corrected chi connectivity index (χ4v) is 3.59. The number of piperidine rings is 1. The summed E-state index contributed by atoms with van der Waals surface area (Å²) >= 11 is 0. The van der Waals surface area contributed by atoms with Crippen molar-refractivity contribution in [1.29, 1.82) is 0 Å². The summed E-state index contributed by atoms with van der Waals surface area (Å²) in [5.41, 5.74) is 3.23. The zero-order valence-corrected chi connectivity index (χ0v) is 17.0. The van der Waals surface area contributed by atoms with Crippen LogP contribution in [0.1, 0.15) is 26.7 Å². The number of nitrogens with one attached hydrogen (secondary N) is 1. The third-order valence-corrected chi connectivity index (χ3v) is 5.27. The fraction of sp³-hybridized carbons (Fsp3) is 0.391. The first-order valence-electron chi connectivity index (χ1n) is 10.3. The van der Waals surface area contributed by atoms with Gasteiger partial charge in [-0.2, -0.15) is 0 Å². The minimum atomic E-state index is 0.0383. The molecule has 0 radical (unpaired) electrons. The number of rotatable bonds is 5. The van der Waals surface area contributed by atoms with Gasteiger partial charge in [-0.15, -0.1) is 0 Å². The lowest BCUT2D eigenvalue weighted by atomic mass is 10.1. The molecule has 4 rings (SSSR count). The molecule has 6 nitrogen and oxygen atoms in total. The highest BCUT2D eigenvalue weighted by Gasteiger charge is 2.23. The molecule has 1 N–H and O–H groups in total. The van der Waals surface area contributed by atoms with Crippen LogP contribution in [0.15, 0.2) is 55.0 Å². The molecule has 3 aromatic rings. The van der Waals surface area contributed by atoms with Gasteiger partial charge in [-0.1, -0.05) is 26.0 Å². The lowest BCUT2D eigenvalue weighted by Gasteiger charge is -2.32. The van der Waals surface area contributed by atoms with Crippen LogP contribution in [0, 0.1) is 5.92 Å². The molecule has 29 heavy (non-hydrogen) atoms. The minimum Gasteiger partial charge on any atom is -0.490 e. The summed E-state index contributed by atoms with van der Waals surface area (Å²) in [4.78, 5) is 18.3. The number of carbonyl (C=O) groups excluding carboxylic acids is 1. The van der Waals surface area contributed by atoms with Gasteiger partial charge in [-0.3, -0.25) is 0 Å². The van der Waals surface area contributed by atoms with E-state index in [9.17, 15) is 4.79 Å². The monoisotopic (exact) mass is 392 g/mol. The zero-order chi connectivity index (χ0) is 20.2. The van der Waals surface area contributed by atoms with E-state index in [1.807, 2.05) is 33.7 Å². The van der Waals surface area contributed by atoms with E-state index in [-0.39, 0.29) is 12.1 Å². The Morgan fingerprint density at radius 1 is 1.14 bits per heavy atom. The van der Waals surface area contributed by atoms with Crippen LogP contribution in [0.2, 0.25) is 0 Å². The highest BCUT2D eigenvalue weighted by Crippen LogP contribution is 2.25. The van der Waals surface area contributed by atoms with Crippen molar-refractivity contribution < 1.29 is 9.53 Å². The van der Waals surface area contributed by atoms with Crippen molar-refractivity contribution in [3.8, 4) is 16.9 Å². The normalized spacial score (nSPS) is 15.1. The van der Waals surface area contributed by atoms with E-state index in [0.29, 0.717) is 5.92 Å². The van der Waals surface area contributed by atoms with Gasteiger partial charge in [0.2, 0.25) is 0 Å². The molecule has 1 fully saturated rings. The van der Waals surface area contributed by atoms with Crippen LogP contribution in [-0.2, 0) is 0 Å². The third-order valence-electron chi connectivity index (χ3n) is 5.27. The number of nitrogens with zero attached hydrogens (tertiary/aromatic N) is 3. The van der Waals surface area contributed by atoms with Gasteiger partial charge in [-0.05, 0) is 41.3 Å². The summed E-state index contributed by atoms with van der Waals surface area (Å²) in [6.07, 6.45) is 7.69. The number of likely N-dealkylation sites (tertiary alicyclic amines) is 1. The van der Waals surface area contributed by atoms with Crippen LogP contribution in [0.4, 0.5) is 4.79 Å². The predicted octanol–water partition coefficient (Wildman–Crippen LogP) is 4.21. The van der Waals surface area contributed by atoms with Gasteiger partial charge in [0, 0.05) is 51.1 Å². The van der Waals surface area contributed by atoms with Crippen molar-refractivity contribution in [3.63, 3.8) is 0 Å². The molecule has 2 amide bonds. The Hall–Kier alpha value is -3.02. The molecule has 3 heterocycles. The van der Waals surface area contributed by atoms with Gasteiger partial charge >= 0.3 is 6.03 Å². The molecule has 0 saturated carbocycles. The second-order valence-corrected chi connectivity index (χ2v) is 8.02. The van der Waals surface area contributed by atoms with Crippen LogP contribution in [0.5, 0.6) is 5.75 Å². The first-order chi connectivity index (χ1) is 14.1. The average molecular weight is 393 g/mol. The van der Waals surface area contributed by atoms with Crippen molar-refractivity contribution in [1.82, 2.24) is 19.6 Å². The Balaban J connectivity index is 1.31. The molecule has 0 atom stereocenters. The van der Waals surface area contributed by atoms with E-state index in [1.165, 1.54) is 0 Å². The van der Waals surface area contributed by atoms with Gasteiger partial charge in [0.15, 0.2) is 0 Å². The van der Waals surface area contributed by atoms with E-state index >= 15 is 0 Å². The van der Waals surface area contributed by atoms with Crippen molar-refractivity contribution in [3.05, 3.63) is 55.0 Å². The van der Waals surface area contributed by atoms with Crippen LogP contribution >= 0.6 is 0 Å². The first-order valence-corrected chi connectivity index (χ1v) is 10.3. The van der Waals surface area contributed by atoms with Crippen molar-refractivity contribution in [2.24, 2.45) is 5.92 Å². The maximum atomic E-state index is 12.2. The number of aromatic nitrogens is 2. The number of pyridine rings is 1. The topological polar surface area (TPSA) is 58.9 Å². The highest BCUT2D eigenvalue weighted by molar-refractivity contribution is 5.74. The Morgan fingerprint density at radius 2 is 1.86 bits per heavy atom. The molecule has 0 bridgehead atoms. The minimum absolute atomic E-state index is 0.0383. The molecular weight excluding hydrogens is 364 g/mol. The number of carbonyl (C=O) groups is 1. The van der Waals surface area contributed by atoms with Gasteiger partial charge < -0.3 is 19.4 Å². The molecule has 1 saturated heterocycles. The Bertz CT molecular complexity index is 956. The molecule has 0 unspecified atom stereocenters. The van der Waals surface area contributed by atoms with Crippen LogP contribution in [0.25, 0.3) is 16.8 Å². The summed E-state index contributed by atoms with van der Waals surface area (Å²) in [6.45, 7) is 6.38. The Labute approximate surface area is 171 Å². The largest absolute Gasteiger partial charge is 0.490 e. The predicted molar refractivity (Wildman–Crippen MR) is 114 cm³/mol. The van der Waals surface area contributed by atoms with Gasteiger partial charge in [0.25, 0.3) is 0 Å². The number of ether oxygens (including phenoxy) is 1. The SMILES string of the molecule is CC(C)CNC(=O)N1CCC(Oc2ccc(-c3ccc4nccn4c3)cc2)CC1. The Kier molecular flexibility index (Phi) is 5.69. The highest BCUT2D eigenvalue weighted by atomic mass is 16.5. The summed E-state index contributed by atoms with van der Waals surface area (Å²) in [5.74, 6) is 1.34. The second-order valence-electron chi connectivity index (χ2n) is 8.02. The van der Waals surface area contributed by atoms with Gasteiger partial charge in [-0.25, -0.2) is 9.78 Å². The molecule has 0 spiro atoms. The van der Waals surface area contributed by atoms with Crippen LogP contribution in [-0.4, -0.2) is 46.1 Å². The molecule has 6 heteroatoms. The standard InChI is InChI=1S/C23H28N4O2/c1-17(2)15-25-23(28)26-12-9-21(10-13-26)29-20-6-3-18(4-7-20)19-5-8-22-24-11-14-27(22)16-19/h3-8,11,14,16-17,21H,9-10,12-13,15H2,1-2H3,(H,25,28). The summed E-state index contributed by atoms with van der Waals surface area (Å²) in [6, 6.07) is 12.4. The molecule has 152 valence electrons. The molecule has 1 aromatic carbocycles. The molecular formula is C23H28N4O2. The lowest BCUT2D eigenvalue weighted by Crippen LogP contribution is -2.47. The van der Waals surface area contributed by atoms with Crippen molar-refractivity contribution in [2.45, 2.75) is 32.8 Å². The number of imidazole rings is 1. The third kappa shape index (κ3) is 4.70. The molecule has 2 aromatic heterocycles. The van der Waals surface area contributed by atoms with Crippen molar-refractivity contribution in [2.75, 3.05) is 19.6 Å². The summed E-state index contributed by atoms with van der Waals surface area (Å²) < 4.78 is 8.18. The number of hydrogen-bond donors (Lipinski definition) is 1. The molecule has 1 aliphatic heterocycles. The number of urea groups is 1. The lowest BCUT2D eigenvalue weighted by molar-refractivity contribution is 0.111. The number of amides is 2. The summed E-state index contributed by atoms with van der Waals surface area (Å²) in [5, 5.41) is 2.99. The van der Waals surface area contributed by atoms with Crippen LogP contribution < -0.4 is 10.1 Å². The maximum Gasteiger partial charge on any atom is 0.317 e. The Morgan fingerprint density at radius 3 is 2.59 bits per heavy atom. The maximum absolute atomic E-state index is 12.2. The number of benzene rings is 1. The zero-order valence-electron chi connectivity index (χ0n) is 17.0. The van der Waals surface area contributed by atoms with Gasteiger partial charge in [0.05, 0.1) is 0 Å². The summed E-state index contributed by atoms with van der Waals surface area (Å²) in [7, 11) is 0. The molecule has 0 aliphatic carbocycles. The number of fused-ring (bicyclic) bond motifs is 1. The number of hydrogen-bond acceptors (Lipinski definition) is 3. The second kappa shape index (κ2) is 8.55. The smallest absolute Gasteiger partial charge is 0.317 e. The van der Waals surface area contributed by atoms with Crippen molar-refractivity contribution >= 4 is 11.7 Å². The average Bonchev–Trinajstić information content (AvgIpc) is 3.21. The first kappa shape index (κ1) is 19.3. The van der Waals surface area contributed by atoms with E-state index in [2.05, 4.69) is 48.5 Å². The van der Waals surface area contributed by atoms with E-state index in [4.69, 9.17) is 4.74 Å².